The quantitative estimate of drug-likeness (QED) is 0.903. The molecule has 2 rings (SSSR count). The summed E-state index contributed by atoms with van der Waals surface area (Å²) in [6.07, 6.45) is 0. The van der Waals surface area contributed by atoms with Gasteiger partial charge in [-0.2, -0.15) is 0 Å². The maximum Gasteiger partial charge on any atom is 0.138 e. The summed E-state index contributed by atoms with van der Waals surface area (Å²) < 4.78 is 0. The minimum atomic E-state index is 0.224. The molecular weight excluding hydrogens is 260 g/mol. The number of aromatic hydroxyl groups is 1. The Balaban J connectivity index is 1.94. The van der Waals surface area contributed by atoms with Crippen molar-refractivity contribution in [3.63, 3.8) is 0 Å². The van der Waals surface area contributed by atoms with E-state index in [1.165, 1.54) is 0 Å². The summed E-state index contributed by atoms with van der Waals surface area (Å²) in [5.41, 5.74) is 1.15. The summed E-state index contributed by atoms with van der Waals surface area (Å²) in [4.78, 5) is 4.87. The molecule has 1 fully saturated rings. The molecule has 1 heterocycles. The minimum Gasteiger partial charge on any atom is -0.506 e. The van der Waals surface area contributed by atoms with Gasteiger partial charge in [0.25, 0.3) is 0 Å². The van der Waals surface area contributed by atoms with Gasteiger partial charge in [-0.05, 0) is 26.8 Å². The largest absolute Gasteiger partial charge is 0.506 e. The van der Waals surface area contributed by atoms with Gasteiger partial charge in [0.1, 0.15) is 5.75 Å². The van der Waals surface area contributed by atoms with E-state index in [-0.39, 0.29) is 11.3 Å². The monoisotopic (exact) mass is 282 g/mol. The van der Waals surface area contributed by atoms with E-state index < -0.39 is 0 Å². The zero-order valence-corrected chi connectivity index (χ0v) is 12.7. The second-order valence-electron chi connectivity index (χ2n) is 6.18. The Morgan fingerprint density at radius 3 is 2.37 bits per heavy atom. The zero-order chi connectivity index (χ0) is 14.0. The van der Waals surface area contributed by atoms with Gasteiger partial charge >= 0.3 is 0 Å². The lowest BCUT2D eigenvalue weighted by atomic mass is 10.0. The normalized spacial score (nSPS) is 18.7. The Morgan fingerprint density at radius 2 is 1.79 bits per heavy atom. The lowest BCUT2D eigenvalue weighted by Crippen LogP contribution is -2.53. The molecule has 0 spiro atoms. The highest BCUT2D eigenvalue weighted by atomic mass is 35.5. The lowest BCUT2D eigenvalue weighted by Gasteiger charge is -2.42. The third kappa shape index (κ3) is 3.62. The molecule has 0 saturated carbocycles. The number of halogens is 1. The number of para-hydroxylation sites is 1. The summed E-state index contributed by atoms with van der Waals surface area (Å²) in [5, 5.41) is 10.4. The highest BCUT2D eigenvalue weighted by Crippen LogP contribution is 2.28. The van der Waals surface area contributed by atoms with Crippen LogP contribution in [0.3, 0.4) is 0 Å². The maximum absolute atomic E-state index is 9.94. The first-order chi connectivity index (χ1) is 8.88. The molecule has 1 saturated heterocycles. The number of hydrogen-bond acceptors (Lipinski definition) is 3. The SMILES string of the molecule is CC(C)(C)N1CCN(Cc2cccc(Cl)c2O)CC1. The van der Waals surface area contributed by atoms with Crippen LogP contribution in [0, 0.1) is 0 Å². The van der Waals surface area contributed by atoms with Crippen molar-refractivity contribution >= 4 is 11.6 Å². The van der Waals surface area contributed by atoms with Crippen LogP contribution in [0.1, 0.15) is 26.3 Å². The average molecular weight is 283 g/mol. The summed E-state index contributed by atoms with van der Waals surface area (Å²) in [6.45, 7) is 11.7. The number of phenols is 1. The van der Waals surface area contributed by atoms with Crippen LogP contribution in [0.25, 0.3) is 0 Å². The van der Waals surface area contributed by atoms with Gasteiger partial charge in [0.2, 0.25) is 0 Å². The molecule has 106 valence electrons. The number of phenolic OH excluding ortho intramolecular Hbond substituents is 1. The third-order valence-corrected chi connectivity index (χ3v) is 4.09. The molecule has 1 aliphatic rings. The van der Waals surface area contributed by atoms with Crippen LogP contribution in [0.15, 0.2) is 18.2 Å². The summed E-state index contributed by atoms with van der Waals surface area (Å²) in [5.74, 6) is 0.224. The van der Waals surface area contributed by atoms with E-state index in [1.807, 2.05) is 12.1 Å². The van der Waals surface area contributed by atoms with Crippen LogP contribution < -0.4 is 0 Å². The van der Waals surface area contributed by atoms with Crippen LogP contribution in [-0.2, 0) is 6.54 Å². The van der Waals surface area contributed by atoms with E-state index in [0.29, 0.717) is 5.02 Å². The molecular formula is C15H23ClN2O. The van der Waals surface area contributed by atoms with Gasteiger partial charge < -0.3 is 5.11 Å². The van der Waals surface area contributed by atoms with Crippen LogP contribution >= 0.6 is 11.6 Å². The number of nitrogens with zero attached hydrogens (tertiary/aromatic N) is 2. The second kappa shape index (κ2) is 5.70. The van der Waals surface area contributed by atoms with Gasteiger partial charge in [-0.1, -0.05) is 23.7 Å². The van der Waals surface area contributed by atoms with E-state index in [4.69, 9.17) is 11.6 Å². The minimum absolute atomic E-state index is 0.224. The Morgan fingerprint density at radius 1 is 1.16 bits per heavy atom. The molecule has 0 bridgehead atoms. The Hall–Kier alpha value is -0.770. The molecule has 1 aromatic carbocycles. The molecule has 1 aromatic rings. The highest BCUT2D eigenvalue weighted by molar-refractivity contribution is 6.32. The van der Waals surface area contributed by atoms with Gasteiger partial charge in [-0.15, -0.1) is 0 Å². The molecule has 3 nitrogen and oxygen atoms in total. The predicted octanol–water partition coefficient (Wildman–Crippen LogP) is 2.96. The van der Waals surface area contributed by atoms with E-state index in [9.17, 15) is 5.11 Å². The first-order valence-corrected chi connectivity index (χ1v) is 7.19. The van der Waals surface area contributed by atoms with Crippen molar-refractivity contribution in [2.45, 2.75) is 32.9 Å². The maximum atomic E-state index is 9.94. The molecule has 1 aliphatic heterocycles. The molecule has 0 aliphatic carbocycles. The number of piperazine rings is 1. The third-order valence-electron chi connectivity index (χ3n) is 3.79. The molecule has 0 radical (unpaired) electrons. The van der Waals surface area contributed by atoms with Crippen LogP contribution in [0.2, 0.25) is 5.02 Å². The highest BCUT2D eigenvalue weighted by Gasteiger charge is 2.26. The molecule has 0 aromatic heterocycles. The summed E-state index contributed by atoms with van der Waals surface area (Å²) in [7, 11) is 0. The van der Waals surface area contributed by atoms with Crippen molar-refractivity contribution in [2.75, 3.05) is 26.2 Å². The molecule has 0 amide bonds. The Bertz CT molecular complexity index is 434. The molecule has 19 heavy (non-hydrogen) atoms. The smallest absolute Gasteiger partial charge is 0.138 e. The molecule has 0 unspecified atom stereocenters. The zero-order valence-electron chi connectivity index (χ0n) is 12.0. The first kappa shape index (κ1) is 14.6. The fourth-order valence-electron chi connectivity index (χ4n) is 2.51. The standard InChI is InChI=1S/C15H23ClN2O/c1-15(2,3)18-9-7-17(8-10-18)11-12-5-4-6-13(16)14(12)19/h4-6,19H,7-11H2,1-3H3. The summed E-state index contributed by atoms with van der Waals surface area (Å²) >= 11 is 5.94. The second-order valence-corrected chi connectivity index (χ2v) is 6.59. The van der Waals surface area contributed by atoms with Gasteiger partial charge in [0.05, 0.1) is 5.02 Å². The fourth-order valence-corrected chi connectivity index (χ4v) is 2.70. The van der Waals surface area contributed by atoms with Crippen molar-refractivity contribution in [3.8, 4) is 5.75 Å². The van der Waals surface area contributed by atoms with Crippen molar-refractivity contribution in [2.24, 2.45) is 0 Å². The van der Waals surface area contributed by atoms with Gasteiger partial charge in [0, 0.05) is 43.8 Å². The number of benzene rings is 1. The molecule has 0 atom stereocenters. The van der Waals surface area contributed by atoms with Gasteiger partial charge in [0.15, 0.2) is 0 Å². The predicted molar refractivity (Wildman–Crippen MR) is 79.7 cm³/mol. The molecule has 1 N–H and O–H groups in total. The van der Waals surface area contributed by atoms with E-state index >= 15 is 0 Å². The van der Waals surface area contributed by atoms with Gasteiger partial charge in [-0.3, -0.25) is 9.80 Å². The van der Waals surface area contributed by atoms with E-state index in [0.717, 1.165) is 38.3 Å². The van der Waals surface area contributed by atoms with Crippen LogP contribution in [0.4, 0.5) is 0 Å². The number of hydrogen-bond donors (Lipinski definition) is 1. The number of rotatable bonds is 2. The van der Waals surface area contributed by atoms with Crippen LogP contribution in [0.5, 0.6) is 5.75 Å². The van der Waals surface area contributed by atoms with Crippen molar-refractivity contribution in [1.82, 2.24) is 9.80 Å². The van der Waals surface area contributed by atoms with Crippen molar-refractivity contribution in [3.05, 3.63) is 28.8 Å². The van der Waals surface area contributed by atoms with Crippen molar-refractivity contribution in [1.29, 1.82) is 0 Å². The first-order valence-electron chi connectivity index (χ1n) is 6.81. The molecule has 4 heteroatoms. The van der Waals surface area contributed by atoms with E-state index in [1.54, 1.807) is 6.07 Å². The topological polar surface area (TPSA) is 26.7 Å². The Kier molecular flexibility index (Phi) is 4.39. The Labute approximate surface area is 120 Å². The van der Waals surface area contributed by atoms with Gasteiger partial charge in [-0.25, -0.2) is 0 Å². The van der Waals surface area contributed by atoms with E-state index in [2.05, 4.69) is 30.6 Å². The van der Waals surface area contributed by atoms with Crippen molar-refractivity contribution < 1.29 is 5.11 Å². The van der Waals surface area contributed by atoms with Crippen LogP contribution in [-0.4, -0.2) is 46.6 Å². The lowest BCUT2D eigenvalue weighted by molar-refractivity contribution is 0.0588. The summed E-state index contributed by atoms with van der Waals surface area (Å²) in [6, 6.07) is 5.55. The fraction of sp³-hybridized carbons (Fsp3) is 0.600. The average Bonchev–Trinajstić information content (AvgIpc) is 2.35.